The molecule has 2 bridgehead atoms. The van der Waals surface area contributed by atoms with Crippen molar-refractivity contribution >= 4 is 17.5 Å². The number of hydrogen-bond donors (Lipinski definition) is 0. The lowest BCUT2D eigenvalue weighted by Gasteiger charge is -2.40. The Balaban J connectivity index is 1.50. The van der Waals surface area contributed by atoms with Crippen LogP contribution in [0.2, 0.25) is 5.02 Å². The minimum atomic E-state index is -0.479. The van der Waals surface area contributed by atoms with Crippen LogP contribution in [0.1, 0.15) is 42.5 Å². The van der Waals surface area contributed by atoms with E-state index in [2.05, 4.69) is 4.90 Å². The third-order valence-electron chi connectivity index (χ3n) is 5.99. The number of halogens is 2. The summed E-state index contributed by atoms with van der Waals surface area (Å²) in [5.41, 5.74) is 0.106. The van der Waals surface area contributed by atoms with Gasteiger partial charge in [0.15, 0.2) is 0 Å². The summed E-state index contributed by atoms with van der Waals surface area (Å²) in [7, 11) is 0. The largest absolute Gasteiger partial charge is 0.337 e. The fourth-order valence-electron chi connectivity index (χ4n) is 4.41. The van der Waals surface area contributed by atoms with Crippen molar-refractivity contribution in [3.05, 3.63) is 34.6 Å². The molecule has 1 aromatic rings. The summed E-state index contributed by atoms with van der Waals surface area (Å²) in [6.45, 7) is 3.72. The Hall–Kier alpha value is -1.13. The zero-order valence-electron chi connectivity index (χ0n) is 13.9. The number of carbonyl (C=O) groups is 1. The van der Waals surface area contributed by atoms with Gasteiger partial charge in [-0.1, -0.05) is 18.0 Å². The van der Waals surface area contributed by atoms with Gasteiger partial charge >= 0.3 is 0 Å². The molecule has 1 amide bonds. The topological polar surface area (TPSA) is 23.6 Å². The fourth-order valence-corrected chi connectivity index (χ4v) is 4.58. The van der Waals surface area contributed by atoms with Gasteiger partial charge in [0, 0.05) is 37.2 Å². The molecule has 3 saturated heterocycles. The first-order valence-corrected chi connectivity index (χ1v) is 9.46. The number of carbonyl (C=O) groups excluding carboxylic acids is 1. The molecule has 5 heteroatoms. The molecule has 1 aliphatic carbocycles. The van der Waals surface area contributed by atoms with E-state index in [1.165, 1.54) is 50.4 Å². The van der Waals surface area contributed by atoms with Gasteiger partial charge in [-0.3, -0.25) is 9.69 Å². The lowest BCUT2D eigenvalue weighted by atomic mass is 9.83. The number of nitrogens with zero attached hydrogens (tertiary/aromatic N) is 2. The second-order valence-electron chi connectivity index (χ2n) is 7.68. The van der Waals surface area contributed by atoms with Crippen LogP contribution >= 0.6 is 11.6 Å². The molecule has 0 radical (unpaired) electrons. The molecule has 3 nitrogen and oxygen atoms in total. The molecule has 2 atom stereocenters. The van der Waals surface area contributed by atoms with Gasteiger partial charge in [-0.05, 0) is 55.7 Å². The molecule has 1 aromatic carbocycles. The fraction of sp³-hybridized carbons (Fsp3) is 0.632. The van der Waals surface area contributed by atoms with Gasteiger partial charge in [-0.25, -0.2) is 4.39 Å². The van der Waals surface area contributed by atoms with Gasteiger partial charge in [-0.15, -0.1) is 0 Å². The van der Waals surface area contributed by atoms with Crippen LogP contribution in [0.15, 0.2) is 18.2 Å². The standard InChI is InChI=1S/C19H24ClFN2O/c20-15-5-7-18(21)17(8-15)19(24)23-11-14-4-6-16(12-23)22(10-14)9-13-2-1-3-13/h5,7-8,13-14,16H,1-4,6,9-12H2/t14-,16-/m0/s1. The molecule has 0 aromatic heterocycles. The number of rotatable bonds is 3. The van der Waals surface area contributed by atoms with Crippen molar-refractivity contribution in [2.24, 2.45) is 11.8 Å². The van der Waals surface area contributed by atoms with Crippen LogP contribution in [0.5, 0.6) is 0 Å². The van der Waals surface area contributed by atoms with Crippen LogP contribution in [-0.2, 0) is 0 Å². The molecule has 130 valence electrons. The van der Waals surface area contributed by atoms with Crippen molar-refractivity contribution in [2.45, 2.75) is 38.1 Å². The highest BCUT2D eigenvalue weighted by Gasteiger charge is 2.38. The first kappa shape index (κ1) is 16.3. The van der Waals surface area contributed by atoms with E-state index in [0.717, 1.165) is 25.4 Å². The lowest BCUT2D eigenvalue weighted by Crippen LogP contribution is -2.47. The third kappa shape index (κ3) is 3.18. The Bertz CT molecular complexity index is 634. The molecule has 5 rings (SSSR count). The molecule has 3 heterocycles. The Morgan fingerprint density at radius 1 is 1.17 bits per heavy atom. The van der Waals surface area contributed by atoms with E-state index >= 15 is 0 Å². The van der Waals surface area contributed by atoms with Crippen molar-refractivity contribution in [1.29, 1.82) is 0 Å². The van der Waals surface area contributed by atoms with Crippen molar-refractivity contribution in [3.8, 4) is 0 Å². The van der Waals surface area contributed by atoms with E-state index in [-0.39, 0.29) is 11.5 Å². The van der Waals surface area contributed by atoms with Gasteiger partial charge in [-0.2, -0.15) is 0 Å². The molecule has 0 N–H and O–H groups in total. The van der Waals surface area contributed by atoms with Crippen molar-refractivity contribution < 1.29 is 9.18 Å². The Labute approximate surface area is 147 Å². The second kappa shape index (κ2) is 6.64. The van der Waals surface area contributed by atoms with E-state index in [1.54, 1.807) is 0 Å². The van der Waals surface area contributed by atoms with Crippen molar-refractivity contribution in [1.82, 2.24) is 9.80 Å². The molecule has 4 fully saturated rings. The van der Waals surface area contributed by atoms with E-state index in [9.17, 15) is 9.18 Å². The quantitative estimate of drug-likeness (QED) is 0.827. The van der Waals surface area contributed by atoms with Gasteiger partial charge in [0.25, 0.3) is 5.91 Å². The molecule has 0 unspecified atom stereocenters. The first-order chi connectivity index (χ1) is 11.6. The summed E-state index contributed by atoms with van der Waals surface area (Å²) in [4.78, 5) is 17.3. The summed E-state index contributed by atoms with van der Waals surface area (Å²) in [5, 5.41) is 0.407. The summed E-state index contributed by atoms with van der Waals surface area (Å²) in [6.07, 6.45) is 6.40. The molecule has 3 aliphatic heterocycles. The lowest BCUT2D eigenvalue weighted by molar-refractivity contribution is 0.0713. The van der Waals surface area contributed by atoms with Crippen LogP contribution in [0.4, 0.5) is 4.39 Å². The van der Waals surface area contributed by atoms with Gasteiger partial charge < -0.3 is 4.90 Å². The number of amides is 1. The smallest absolute Gasteiger partial charge is 0.256 e. The molecule has 1 saturated carbocycles. The average Bonchev–Trinajstić information content (AvgIpc) is 2.84. The molecular weight excluding hydrogens is 327 g/mol. The van der Waals surface area contributed by atoms with Crippen LogP contribution in [0, 0.1) is 17.7 Å². The second-order valence-corrected chi connectivity index (χ2v) is 8.12. The van der Waals surface area contributed by atoms with Gasteiger partial charge in [0.2, 0.25) is 0 Å². The van der Waals surface area contributed by atoms with Gasteiger partial charge in [0.05, 0.1) is 5.56 Å². The van der Waals surface area contributed by atoms with Crippen molar-refractivity contribution in [3.63, 3.8) is 0 Å². The van der Waals surface area contributed by atoms with Gasteiger partial charge in [0.1, 0.15) is 5.82 Å². The van der Waals surface area contributed by atoms with Crippen LogP contribution in [-0.4, -0.2) is 47.9 Å². The first-order valence-electron chi connectivity index (χ1n) is 9.08. The molecule has 24 heavy (non-hydrogen) atoms. The average molecular weight is 351 g/mol. The predicted molar refractivity (Wildman–Crippen MR) is 92.7 cm³/mol. The maximum absolute atomic E-state index is 14.1. The summed E-state index contributed by atoms with van der Waals surface area (Å²) < 4.78 is 14.1. The van der Waals surface area contributed by atoms with Crippen LogP contribution in [0.25, 0.3) is 0 Å². The van der Waals surface area contributed by atoms with Crippen molar-refractivity contribution in [2.75, 3.05) is 26.2 Å². The van der Waals surface area contributed by atoms with E-state index in [1.807, 2.05) is 4.90 Å². The number of benzene rings is 1. The summed E-state index contributed by atoms with van der Waals surface area (Å²) in [6, 6.07) is 4.65. The van der Waals surface area contributed by atoms with E-state index < -0.39 is 5.82 Å². The minimum Gasteiger partial charge on any atom is -0.337 e. The Kier molecular flexibility index (Phi) is 4.52. The molecule has 0 spiro atoms. The third-order valence-corrected chi connectivity index (χ3v) is 6.23. The maximum Gasteiger partial charge on any atom is 0.256 e. The zero-order valence-corrected chi connectivity index (χ0v) is 14.6. The highest BCUT2D eigenvalue weighted by molar-refractivity contribution is 6.31. The van der Waals surface area contributed by atoms with Crippen LogP contribution in [0.3, 0.4) is 0 Å². The molecular formula is C19H24ClFN2O. The highest BCUT2D eigenvalue weighted by atomic mass is 35.5. The normalized spacial score (nSPS) is 27.8. The highest BCUT2D eigenvalue weighted by Crippen LogP contribution is 2.33. The zero-order chi connectivity index (χ0) is 16.7. The SMILES string of the molecule is O=C(c1cc(Cl)ccc1F)N1C[C@H]2CC[C@@H](C1)N(CC1CCC1)C2. The minimum absolute atomic E-state index is 0.106. The van der Waals surface area contributed by atoms with Crippen LogP contribution < -0.4 is 0 Å². The maximum atomic E-state index is 14.1. The van der Waals surface area contributed by atoms with E-state index in [4.69, 9.17) is 11.6 Å². The number of piperidine rings is 1. The number of hydrogen-bond acceptors (Lipinski definition) is 2. The predicted octanol–water partition coefficient (Wildman–Crippen LogP) is 3.82. The van der Waals surface area contributed by atoms with E-state index in [0.29, 0.717) is 23.5 Å². The summed E-state index contributed by atoms with van der Waals surface area (Å²) in [5.74, 6) is 0.665. The number of fused-ring (bicyclic) bond motifs is 4. The Morgan fingerprint density at radius 2 is 2.00 bits per heavy atom. The Morgan fingerprint density at radius 3 is 2.75 bits per heavy atom. The molecule has 4 aliphatic rings. The summed E-state index contributed by atoms with van der Waals surface area (Å²) >= 11 is 5.96. The monoisotopic (exact) mass is 350 g/mol.